The number of thioether (sulfide) groups is 1. The van der Waals surface area contributed by atoms with Gasteiger partial charge in [-0.05, 0) is 101 Å². The second kappa shape index (κ2) is 10.8. The molecule has 35 heavy (non-hydrogen) atoms. The summed E-state index contributed by atoms with van der Waals surface area (Å²) in [5, 5.41) is 2.86. The Morgan fingerprint density at radius 1 is 1.09 bits per heavy atom. The Morgan fingerprint density at radius 2 is 1.80 bits per heavy atom. The molecule has 0 aromatic heterocycles. The van der Waals surface area contributed by atoms with Crippen molar-refractivity contribution in [2.75, 3.05) is 16.8 Å². The van der Waals surface area contributed by atoms with Crippen molar-refractivity contribution in [2.24, 2.45) is 0 Å². The van der Waals surface area contributed by atoms with Gasteiger partial charge in [0, 0.05) is 4.47 Å². The minimum atomic E-state index is -0.252. The molecule has 0 spiro atoms. The first-order valence-electron chi connectivity index (χ1n) is 10.9. The summed E-state index contributed by atoms with van der Waals surface area (Å²) in [6, 6.07) is 18.8. The van der Waals surface area contributed by atoms with E-state index < -0.39 is 0 Å². The number of aryl methyl sites for hydroxylation is 3. The Hall–Kier alpha value is -2.94. The van der Waals surface area contributed by atoms with Gasteiger partial charge in [-0.3, -0.25) is 14.5 Å². The van der Waals surface area contributed by atoms with Gasteiger partial charge in [0.05, 0.1) is 16.3 Å². The summed E-state index contributed by atoms with van der Waals surface area (Å²) in [5.74, 6) is 0.168. The molecular formula is C27H23BrN2O3S2. The average Bonchev–Trinajstić information content (AvgIpc) is 3.09. The van der Waals surface area contributed by atoms with E-state index in [2.05, 4.69) is 21.2 Å². The lowest BCUT2D eigenvalue weighted by Gasteiger charge is -2.14. The molecule has 1 aliphatic heterocycles. The van der Waals surface area contributed by atoms with Gasteiger partial charge in [0.2, 0.25) is 0 Å². The number of carbonyl (C=O) groups is 2. The van der Waals surface area contributed by atoms with Crippen LogP contribution in [0.3, 0.4) is 0 Å². The number of amides is 2. The van der Waals surface area contributed by atoms with Crippen molar-refractivity contribution in [1.29, 1.82) is 0 Å². The van der Waals surface area contributed by atoms with E-state index in [1.165, 1.54) is 11.8 Å². The molecule has 1 aliphatic rings. The molecule has 0 bridgehead atoms. The first-order chi connectivity index (χ1) is 16.7. The van der Waals surface area contributed by atoms with Crippen LogP contribution in [0.1, 0.15) is 22.3 Å². The van der Waals surface area contributed by atoms with Crippen LogP contribution in [0.4, 0.5) is 11.4 Å². The fourth-order valence-corrected chi connectivity index (χ4v) is 5.34. The molecule has 8 heteroatoms. The van der Waals surface area contributed by atoms with Crippen molar-refractivity contribution in [1.82, 2.24) is 0 Å². The third-order valence-electron chi connectivity index (χ3n) is 5.46. The average molecular weight is 568 g/mol. The molecule has 1 fully saturated rings. The van der Waals surface area contributed by atoms with Gasteiger partial charge in [0.25, 0.3) is 11.8 Å². The normalized spacial score (nSPS) is 14.5. The lowest BCUT2D eigenvalue weighted by molar-refractivity contribution is -0.118. The Bertz CT molecular complexity index is 1350. The number of hydrogen-bond acceptors (Lipinski definition) is 5. The molecule has 1 N–H and O–H groups in total. The first-order valence-corrected chi connectivity index (χ1v) is 12.9. The smallest absolute Gasteiger partial charge is 0.270 e. The van der Waals surface area contributed by atoms with E-state index in [9.17, 15) is 9.59 Å². The standard InChI is InChI=1S/C27H23BrN2O3S2/c1-16-5-4-6-20(11-16)30-26(32)24(35-27(30)34)14-19-7-9-21(10-8-19)33-15-25(31)29-23-13-18(3)17(2)12-22(23)28/h4-14H,15H2,1-3H3,(H,29,31)/b24-14-. The number of carbonyl (C=O) groups excluding carboxylic acids is 2. The van der Waals surface area contributed by atoms with Gasteiger partial charge in [-0.2, -0.15) is 0 Å². The first kappa shape index (κ1) is 25.2. The SMILES string of the molecule is Cc1cccc(N2C(=O)/C(=C/c3ccc(OCC(=O)Nc4cc(C)c(C)cc4Br)cc3)SC2=S)c1. The van der Waals surface area contributed by atoms with Gasteiger partial charge >= 0.3 is 0 Å². The summed E-state index contributed by atoms with van der Waals surface area (Å²) in [7, 11) is 0. The molecule has 0 aliphatic carbocycles. The van der Waals surface area contributed by atoms with Crippen LogP contribution in [0.25, 0.3) is 6.08 Å². The zero-order valence-electron chi connectivity index (χ0n) is 19.4. The zero-order valence-corrected chi connectivity index (χ0v) is 22.6. The van der Waals surface area contributed by atoms with Crippen LogP contribution < -0.4 is 15.0 Å². The summed E-state index contributed by atoms with van der Waals surface area (Å²) in [5.41, 5.74) is 5.61. The quantitative estimate of drug-likeness (QED) is 0.262. The van der Waals surface area contributed by atoms with Crippen molar-refractivity contribution >= 4 is 73.5 Å². The monoisotopic (exact) mass is 566 g/mol. The number of nitrogens with one attached hydrogen (secondary N) is 1. The number of anilines is 2. The number of halogens is 1. The summed E-state index contributed by atoms with van der Waals surface area (Å²) in [6.45, 7) is 5.88. The van der Waals surface area contributed by atoms with Crippen molar-refractivity contribution in [3.63, 3.8) is 0 Å². The predicted octanol–water partition coefficient (Wildman–Crippen LogP) is 6.80. The minimum Gasteiger partial charge on any atom is -0.484 e. The second-order valence-electron chi connectivity index (χ2n) is 8.18. The van der Waals surface area contributed by atoms with Gasteiger partial charge < -0.3 is 10.1 Å². The number of hydrogen-bond donors (Lipinski definition) is 1. The highest BCUT2D eigenvalue weighted by Crippen LogP contribution is 2.36. The Morgan fingerprint density at radius 3 is 2.51 bits per heavy atom. The summed E-state index contributed by atoms with van der Waals surface area (Å²) in [6.07, 6.45) is 1.81. The lowest BCUT2D eigenvalue weighted by Crippen LogP contribution is -2.27. The Kier molecular flexibility index (Phi) is 7.74. The number of rotatable bonds is 6. The van der Waals surface area contributed by atoms with Crippen molar-refractivity contribution in [3.05, 3.63) is 92.3 Å². The highest BCUT2D eigenvalue weighted by atomic mass is 79.9. The maximum absolute atomic E-state index is 13.0. The maximum Gasteiger partial charge on any atom is 0.270 e. The van der Waals surface area contributed by atoms with Gasteiger partial charge in [0.1, 0.15) is 5.75 Å². The number of ether oxygens (including phenoxy) is 1. The topological polar surface area (TPSA) is 58.6 Å². The minimum absolute atomic E-state index is 0.117. The maximum atomic E-state index is 13.0. The fraction of sp³-hybridized carbons (Fsp3) is 0.148. The van der Waals surface area contributed by atoms with Crippen LogP contribution in [0, 0.1) is 20.8 Å². The van der Waals surface area contributed by atoms with Crippen LogP contribution in [0.2, 0.25) is 0 Å². The van der Waals surface area contributed by atoms with E-state index >= 15 is 0 Å². The van der Waals surface area contributed by atoms with Crippen molar-refractivity contribution in [3.8, 4) is 5.75 Å². The molecule has 5 nitrogen and oxygen atoms in total. The van der Waals surface area contributed by atoms with E-state index in [-0.39, 0.29) is 18.4 Å². The van der Waals surface area contributed by atoms with E-state index in [0.29, 0.717) is 20.7 Å². The highest BCUT2D eigenvalue weighted by Gasteiger charge is 2.33. The van der Waals surface area contributed by atoms with Crippen LogP contribution in [-0.4, -0.2) is 22.7 Å². The number of thiocarbonyl (C=S) groups is 1. The number of benzene rings is 3. The summed E-state index contributed by atoms with van der Waals surface area (Å²) < 4.78 is 6.97. The molecule has 1 saturated heterocycles. The molecule has 0 atom stereocenters. The fourth-order valence-electron chi connectivity index (χ4n) is 3.48. The van der Waals surface area contributed by atoms with Crippen LogP contribution in [-0.2, 0) is 9.59 Å². The summed E-state index contributed by atoms with van der Waals surface area (Å²) in [4.78, 5) is 27.4. The molecule has 4 rings (SSSR count). The largest absolute Gasteiger partial charge is 0.484 e. The Balaban J connectivity index is 1.37. The molecule has 3 aromatic rings. The van der Waals surface area contributed by atoms with Crippen LogP contribution in [0.5, 0.6) is 5.75 Å². The molecular weight excluding hydrogens is 544 g/mol. The molecule has 178 valence electrons. The molecule has 3 aromatic carbocycles. The third kappa shape index (κ3) is 6.01. The zero-order chi connectivity index (χ0) is 25.1. The molecule has 2 amide bonds. The summed E-state index contributed by atoms with van der Waals surface area (Å²) >= 11 is 10.2. The van der Waals surface area contributed by atoms with Gasteiger partial charge in [-0.1, -0.05) is 48.2 Å². The van der Waals surface area contributed by atoms with E-state index in [4.69, 9.17) is 17.0 Å². The van der Waals surface area contributed by atoms with E-state index in [0.717, 1.165) is 32.4 Å². The predicted molar refractivity (Wildman–Crippen MR) is 151 cm³/mol. The molecule has 0 radical (unpaired) electrons. The second-order valence-corrected chi connectivity index (χ2v) is 10.7. The Labute approximate surface area is 222 Å². The molecule has 0 unspecified atom stereocenters. The van der Waals surface area contributed by atoms with E-state index in [1.54, 1.807) is 17.0 Å². The number of nitrogens with zero attached hydrogens (tertiary/aromatic N) is 1. The van der Waals surface area contributed by atoms with Crippen LogP contribution in [0.15, 0.2) is 70.0 Å². The third-order valence-corrected chi connectivity index (χ3v) is 7.42. The van der Waals surface area contributed by atoms with Gasteiger partial charge in [-0.25, -0.2) is 0 Å². The van der Waals surface area contributed by atoms with Crippen molar-refractivity contribution in [2.45, 2.75) is 20.8 Å². The lowest BCUT2D eigenvalue weighted by atomic mass is 10.1. The van der Waals surface area contributed by atoms with Gasteiger partial charge in [-0.15, -0.1) is 0 Å². The van der Waals surface area contributed by atoms with Crippen molar-refractivity contribution < 1.29 is 14.3 Å². The molecule has 1 heterocycles. The molecule has 0 saturated carbocycles. The van der Waals surface area contributed by atoms with Crippen LogP contribution >= 0.6 is 39.9 Å². The van der Waals surface area contributed by atoms with Gasteiger partial charge in [0.15, 0.2) is 10.9 Å². The highest BCUT2D eigenvalue weighted by molar-refractivity contribution is 9.10. The van der Waals surface area contributed by atoms with E-state index in [1.807, 2.05) is 75.4 Å².